The second-order valence-corrected chi connectivity index (χ2v) is 7.89. The highest BCUT2D eigenvalue weighted by atomic mass is 35.5. The number of carbonyl (C=O) groups is 1. The van der Waals surface area contributed by atoms with Gasteiger partial charge in [-0.05, 0) is 62.2 Å². The van der Waals surface area contributed by atoms with Gasteiger partial charge in [-0.1, -0.05) is 18.0 Å². The second-order valence-electron chi connectivity index (χ2n) is 7.48. The van der Waals surface area contributed by atoms with Gasteiger partial charge in [0.1, 0.15) is 11.6 Å². The number of nitrogens with one attached hydrogen (secondary N) is 1. The number of nitriles is 1. The van der Waals surface area contributed by atoms with Crippen molar-refractivity contribution in [2.45, 2.75) is 45.3 Å². The minimum atomic E-state index is -0.726. The molecule has 3 aromatic rings. The number of hydrogen-bond acceptors (Lipinski definition) is 5. The van der Waals surface area contributed by atoms with Crippen molar-refractivity contribution in [3.05, 3.63) is 58.9 Å². The molecule has 1 atom stereocenters. The average Bonchev–Trinajstić information content (AvgIpc) is 3.03. The van der Waals surface area contributed by atoms with E-state index in [1.807, 2.05) is 12.1 Å². The highest BCUT2D eigenvalue weighted by Crippen LogP contribution is 2.31. The van der Waals surface area contributed by atoms with Gasteiger partial charge in [0, 0.05) is 24.2 Å². The van der Waals surface area contributed by atoms with Gasteiger partial charge in [-0.3, -0.25) is 4.79 Å². The quantitative estimate of drug-likeness (QED) is 0.632. The third kappa shape index (κ3) is 4.70. The van der Waals surface area contributed by atoms with Gasteiger partial charge in [-0.25, -0.2) is 0 Å². The number of fused-ring (bicyclic) bond motifs is 1. The van der Waals surface area contributed by atoms with Gasteiger partial charge in [0.15, 0.2) is 11.9 Å². The Labute approximate surface area is 185 Å². The van der Waals surface area contributed by atoms with E-state index in [0.29, 0.717) is 22.0 Å². The van der Waals surface area contributed by atoms with Crippen molar-refractivity contribution in [2.75, 3.05) is 5.32 Å². The maximum atomic E-state index is 12.6. The van der Waals surface area contributed by atoms with Gasteiger partial charge in [-0.15, -0.1) is 10.2 Å². The van der Waals surface area contributed by atoms with Crippen molar-refractivity contribution in [3.8, 4) is 23.2 Å². The second kappa shape index (κ2) is 9.19. The van der Waals surface area contributed by atoms with E-state index in [1.54, 1.807) is 43.3 Å². The Morgan fingerprint density at radius 3 is 2.77 bits per heavy atom. The molecular weight excluding hydrogens is 414 g/mol. The molecule has 1 amide bonds. The van der Waals surface area contributed by atoms with Crippen LogP contribution in [0.2, 0.25) is 5.02 Å². The fraction of sp³-hybridized carbons (Fsp3) is 0.304. The molecule has 8 heteroatoms. The van der Waals surface area contributed by atoms with E-state index in [4.69, 9.17) is 21.6 Å². The molecule has 1 N–H and O–H groups in total. The van der Waals surface area contributed by atoms with Crippen LogP contribution in [0.3, 0.4) is 0 Å². The van der Waals surface area contributed by atoms with E-state index < -0.39 is 6.10 Å². The highest BCUT2D eigenvalue weighted by molar-refractivity contribution is 6.33. The third-order valence-corrected chi connectivity index (χ3v) is 5.58. The monoisotopic (exact) mass is 435 g/mol. The summed E-state index contributed by atoms with van der Waals surface area (Å²) >= 11 is 6.46. The molecule has 0 saturated heterocycles. The maximum absolute atomic E-state index is 12.6. The van der Waals surface area contributed by atoms with Crippen LogP contribution in [0.4, 0.5) is 5.69 Å². The standard InChI is InChI=1S/C23H22ClN5O2/c1-15(31-18-9-6-16(14-25)7-10-18)23(30)26-17-8-11-20(24)19(13-17)22-28-27-21-5-3-2-4-12-29(21)22/h6-11,13,15H,2-5,12H2,1H3,(H,26,30). The number of rotatable bonds is 5. The number of amides is 1. The molecule has 158 valence electrons. The molecule has 0 radical (unpaired) electrons. The largest absolute Gasteiger partial charge is 0.481 e. The number of nitrogens with zero attached hydrogens (tertiary/aromatic N) is 4. The molecule has 31 heavy (non-hydrogen) atoms. The van der Waals surface area contributed by atoms with Crippen LogP contribution in [0.15, 0.2) is 42.5 Å². The Kier molecular flexibility index (Phi) is 6.19. The molecule has 1 aromatic heterocycles. The van der Waals surface area contributed by atoms with Crippen LogP contribution in [0.1, 0.15) is 37.6 Å². The van der Waals surface area contributed by atoms with E-state index in [9.17, 15) is 4.79 Å². The zero-order valence-corrected chi connectivity index (χ0v) is 17.9. The number of ether oxygens (including phenoxy) is 1. The molecule has 0 fully saturated rings. The number of carbonyl (C=O) groups excluding carboxylic acids is 1. The number of aryl methyl sites for hydroxylation is 1. The summed E-state index contributed by atoms with van der Waals surface area (Å²) in [6.07, 6.45) is 3.54. The van der Waals surface area contributed by atoms with Crippen molar-refractivity contribution in [1.29, 1.82) is 5.26 Å². The van der Waals surface area contributed by atoms with Crippen LogP contribution in [-0.2, 0) is 17.8 Å². The molecule has 0 spiro atoms. The summed E-state index contributed by atoms with van der Waals surface area (Å²) in [4.78, 5) is 12.6. The van der Waals surface area contributed by atoms with Gasteiger partial charge in [0.05, 0.1) is 16.7 Å². The van der Waals surface area contributed by atoms with Gasteiger partial charge in [-0.2, -0.15) is 5.26 Å². The molecule has 1 aliphatic rings. The average molecular weight is 436 g/mol. The van der Waals surface area contributed by atoms with Crippen LogP contribution < -0.4 is 10.1 Å². The molecular formula is C23H22ClN5O2. The predicted octanol–water partition coefficient (Wildman–Crippen LogP) is 4.60. The first kappa shape index (κ1) is 20.9. The fourth-order valence-electron chi connectivity index (χ4n) is 3.57. The van der Waals surface area contributed by atoms with E-state index in [2.05, 4.69) is 20.1 Å². The van der Waals surface area contributed by atoms with Crippen molar-refractivity contribution in [2.24, 2.45) is 0 Å². The van der Waals surface area contributed by atoms with Crippen molar-refractivity contribution in [1.82, 2.24) is 14.8 Å². The molecule has 2 aromatic carbocycles. The first-order chi connectivity index (χ1) is 15.0. The number of anilines is 1. The van der Waals surface area contributed by atoms with Crippen LogP contribution in [0.5, 0.6) is 5.75 Å². The van der Waals surface area contributed by atoms with Crippen LogP contribution >= 0.6 is 11.6 Å². The first-order valence-corrected chi connectivity index (χ1v) is 10.6. The van der Waals surface area contributed by atoms with Gasteiger partial charge in [0.2, 0.25) is 0 Å². The minimum absolute atomic E-state index is 0.294. The Balaban J connectivity index is 1.50. The summed E-state index contributed by atoms with van der Waals surface area (Å²) in [6, 6.07) is 14.0. The van der Waals surface area contributed by atoms with E-state index in [1.165, 1.54) is 6.42 Å². The van der Waals surface area contributed by atoms with Crippen LogP contribution in [0.25, 0.3) is 11.4 Å². The molecule has 1 aliphatic heterocycles. The Hall–Kier alpha value is -3.37. The van der Waals surface area contributed by atoms with Crippen LogP contribution in [0, 0.1) is 11.3 Å². The van der Waals surface area contributed by atoms with Crippen molar-refractivity contribution < 1.29 is 9.53 Å². The molecule has 7 nitrogen and oxygen atoms in total. The lowest BCUT2D eigenvalue weighted by Gasteiger charge is -2.16. The summed E-state index contributed by atoms with van der Waals surface area (Å²) in [5.74, 6) is 1.92. The number of halogens is 1. The Bertz CT molecular complexity index is 1130. The Morgan fingerprint density at radius 2 is 2.00 bits per heavy atom. The lowest BCUT2D eigenvalue weighted by molar-refractivity contribution is -0.122. The summed E-state index contributed by atoms with van der Waals surface area (Å²) in [5.41, 5.74) is 1.87. The van der Waals surface area contributed by atoms with Gasteiger partial charge in [0.25, 0.3) is 5.91 Å². The summed E-state index contributed by atoms with van der Waals surface area (Å²) in [5, 5.41) is 21.0. The van der Waals surface area contributed by atoms with E-state index >= 15 is 0 Å². The fourth-order valence-corrected chi connectivity index (χ4v) is 3.77. The SMILES string of the molecule is CC(Oc1ccc(C#N)cc1)C(=O)Nc1ccc(Cl)c(-c2nnc3n2CCCCC3)c1. The van der Waals surface area contributed by atoms with Crippen molar-refractivity contribution in [3.63, 3.8) is 0 Å². The molecule has 4 rings (SSSR count). The number of hydrogen-bond donors (Lipinski definition) is 1. The smallest absolute Gasteiger partial charge is 0.265 e. The zero-order chi connectivity index (χ0) is 21.8. The number of benzene rings is 2. The normalized spacial score (nSPS) is 14.1. The third-order valence-electron chi connectivity index (χ3n) is 5.25. The topological polar surface area (TPSA) is 92.8 Å². The first-order valence-electron chi connectivity index (χ1n) is 10.2. The van der Waals surface area contributed by atoms with E-state index in [-0.39, 0.29) is 5.91 Å². The minimum Gasteiger partial charge on any atom is -0.481 e. The predicted molar refractivity (Wildman–Crippen MR) is 118 cm³/mol. The summed E-state index contributed by atoms with van der Waals surface area (Å²) in [7, 11) is 0. The molecule has 0 aliphatic carbocycles. The van der Waals surface area contributed by atoms with Crippen molar-refractivity contribution >= 4 is 23.2 Å². The molecule has 0 saturated carbocycles. The Morgan fingerprint density at radius 1 is 1.19 bits per heavy atom. The molecule has 1 unspecified atom stereocenters. The zero-order valence-electron chi connectivity index (χ0n) is 17.1. The molecule has 0 bridgehead atoms. The lowest BCUT2D eigenvalue weighted by atomic mass is 10.1. The number of aromatic nitrogens is 3. The lowest BCUT2D eigenvalue weighted by Crippen LogP contribution is -2.30. The van der Waals surface area contributed by atoms with E-state index in [0.717, 1.165) is 43.0 Å². The van der Waals surface area contributed by atoms with Crippen LogP contribution in [-0.4, -0.2) is 26.8 Å². The molecule has 2 heterocycles. The van der Waals surface area contributed by atoms with Gasteiger partial charge < -0.3 is 14.6 Å². The van der Waals surface area contributed by atoms with Gasteiger partial charge >= 0.3 is 0 Å². The maximum Gasteiger partial charge on any atom is 0.265 e. The highest BCUT2D eigenvalue weighted by Gasteiger charge is 2.20. The summed E-state index contributed by atoms with van der Waals surface area (Å²) in [6.45, 7) is 2.53. The summed E-state index contributed by atoms with van der Waals surface area (Å²) < 4.78 is 7.81.